The topological polar surface area (TPSA) is 39.2 Å². The first-order valence-electron chi connectivity index (χ1n) is 6.16. The molecule has 3 nitrogen and oxygen atoms in total. The first kappa shape index (κ1) is 14.9. The second-order valence-electron chi connectivity index (χ2n) is 4.05. The lowest BCUT2D eigenvalue weighted by molar-refractivity contribution is -0.143. The Hall–Kier alpha value is -1.46. The number of thiazole rings is 1. The molecule has 0 aliphatic carbocycles. The Kier molecular flexibility index (Phi) is 5.09. The predicted molar refractivity (Wildman–Crippen MR) is 77.5 cm³/mol. The fraction of sp³-hybridized carbons (Fsp3) is 0.286. The van der Waals surface area contributed by atoms with E-state index in [2.05, 4.69) is 4.98 Å². The average molecular weight is 314 g/mol. The molecule has 1 aromatic heterocycles. The Balaban J connectivity index is 2.11. The Bertz CT molecular complexity index is 595. The summed E-state index contributed by atoms with van der Waals surface area (Å²) in [4.78, 5) is 15.6. The molecule has 0 spiro atoms. The van der Waals surface area contributed by atoms with Gasteiger partial charge in [-0.1, -0.05) is 17.7 Å². The maximum atomic E-state index is 13.8. The average Bonchev–Trinajstić information content (AvgIpc) is 2.85. The number of carbonyl (C=O) groups excluding carboxylic acids is 1. The number of halogens is 2. The molecule has 6 heteroatoms. The highest BCUT2D eigenvalue weighted by atomic mass is 35.5. The van der Waals surface area contributed by atoms with E-state index in [-0.39, 0.29) is 12.4 Å². The summed E-state index contributed by atoms with van der Waals surface area (Å²) in [5.41, 5.74) is 1.04. The molecule has 106 valence electrons. The summed E-state index contributed by atoms with van der Waals surface area (Å²) < 4.78 is 18.6. The number of ether oxygens (including phenoxy) is 1. The third-order valence-electron chi connectivity index (χ3n) is 2.62. The van der Waals surface area contributed by atoms with E-state index in [1.807, 2.05) is 0 Å². The lowest BCUT2D eigenvalue weighted by atomic mass is 10.2. The zero-order chi connectivity index (χ0) is 14.5. The van der Waals surface area contributed by atoms with Gasteiger partial charge in [-0.2, -0.15) is 0 Å². The quantitative estimate of drug-likeness (QED) is 0.780. The molecule has 0 atom stereocenters. The van der Waals surface area contributed by atoms with Gasteiger partial charge in [0.2, 0.25) is 0 Å². The normalized spacial score (nSPS) is 10.6. The molecule has 0 N–H and O–H groups in total. The van der Waals surface area contributed by atoms with Crippen molar-refractivity contribution in [2.45, 2.75) is 19.8 Å². The fourth-order valence-electron chi connectivity index (χ4n) is 1.70. The summed E-state index contributed by atoms with van der Waals surface area (Å²) in [5.74, 6) is -0.658. The van der Waals surface area contributed by atoms with Crippen LogP contribution in [0.5, 0.6) is 0 Å². The molecular formula is C14H13ClFNO2S. The number of esters is 1. The van der Waals surface area contributed by atoms with Gasteiger partial charge in [-0.3, -0.25) is 4.79 Å². The molecular weight excluding hydrogens is 301 g/mol. The standard InChI is InChI=1S/C14H13ClFNO2S/c1-2-19-12(18)7-6-9-8-20-14(17-9)13-10(15)4-3-5-11(13)16/h3-5,8H,2,6-7H2,1H3. The van der Waals surface area contributed by atoms with E-state index in [1.165, 1.54) is 17.4 Å². The van der Waals surface area contributed by atoms with E-state index in [1.54, 1.807) is 24.4 Å². The summed E-state index contributed by atoms with van der Waals surface area (Å²) in [5, 5.41) is 2.65. The number of aryl methyl sites for hydroxylation is 1. The summed E-state index contributed by atoms with van der Waals surface area (Å²) in [6, 6.07) is 4.52. The van der Waals surface area contributed by atoms with Gasteiger partial charge in [-0.25, -0.2) is 9.37 Å². The van der Waals surface area contributed by atoms with Gasteiger partial charge in [0.25, 0.3) is 0 Å². The van der Waals surface area contributed by atoms with E-state index >= 15 is 0 Å². The van der Waals surface area contributed by atoms with Crippen LogP contribution in [0.2, 0.25) is 5.02 Å². The van der Waals surface area contributed by atoms with Crippen LogP contribution in [0.25, 0.3) is 10.6 Å². The van der Waals surface area contributed by atoms with Crippen LogP contribution in [-0.4, -0.2) is 17.6 Å². The van der Waals surface area contributed by atoms with Crippen LogP contribution >= 0.6 is 22.9 Å². The summed E-state index contributed by atoms with van der Waals surface area (Å²) >= 11 is 7.30. The van der Waals surface area contributed by atoms with Gasteiger partial charge in [-0.05, 0) is 19.1 Å². The lowest BCUT2D eigenvalue weighted by Crippen LogP contribution is -2.05. The molecule has 0 unspecified atom stereocenters. The first-order chi connectivity index (χ1) is 9.61. The molecule has 1 aromatic carbocycles. The molecule has 0 fully saturated rings. The Morgan fingerprint density at radius 2 is 2.30 bits per heavy atom. The Morgan fingerprint density at radius 1 is 1.50 bits per heavy atom. The SMILES string of the molecule is CCOC(=O)CCc1csc(-c2c(F)cccc2Cl)n1. The number of hydrogen-bond donors (Lipinski definition) is 0. The Morgan fingerprint density at radius 3 is 3.00 bits per heavy atom. The van der Waals surface area contributed by atoms with Crippen molar-refractivity contribution in [3.8, 4) is 10.6 Å². The number of hydrogen-bond acceptors (Lipinski definition) is 4. The van der Waals surface area contributed by atoms with Crippen molar-refractivity contribution in [2.75, 3.05) is 6.61 Å². The third kappa shape index (κ3) is 3.55. The number of benzene rings is 1. The molecule has 0 radical (unpaired) electrons. The van der Waals surface area contributed by atoms with Crippen LogP contribution in [0, 0.1) is 5.82 Å². The molecule has 20 heavy (non-hydrogen) atoms. The highest BCUT2D eigenvalue weighted by molar-refractivity contribution is 7.13. The number of nitrogens with zero attached hydrogens (tertiary/aromatic N) is 1. The molecule has 0 aliphatic heterocycles. The van der Waals surface area contributed by atoms with Gasteiger partial charge in [0.05, 0.1) is 29.3 Å². The fourth-order valence-corrected chi connectivity index (χ4v) is 2.92. The smallest absolute Gasteiger partial charge is 0.306 e. The predicted octanol–water partition coefficient (Wildman–Crippen LogP) is 4.10. The molecule has 2 rings (SSSR count). The summed E-state index contributed by atoms with van der Waals surface area (Å²) in [7, 11) is 0. The van der Waals surface area contributed by atoms with Crippen molar-refractivity contribution in [3.63, 3.8) is 0 Å². The van der Waals surface area contributed by atoms with Crippen molar-refractivity contribution in [3.05, 3.63) is 40.1 Å². The second kappa shape index (κ2) is 6.81. The van der Waals surface area contributed by atoms with E-state index in [9.17, 15) is 9.18 Å². The van der Waals surface area contributed by atoms with Crippen LogP contribution in [0.3, 0.4) is 0 Å². The third-order valence-corrected chi connectivity index (χ3v) is 3.84. The monoisotopic (exact) mass is 313 g/mol. The van der Waals surface area contributed by atoms with E-state index < -0.39 is 5.82 Å². The van der Waals surface area contributed by atoms with Crippen LogP contribution in [-0.2, 0) is 16.0 Å². The van der Waals surface area contributed by atoms with Crippen molar-refractivity contribution in [1.82, 2.24) is 4.98 Å². The van der Waals surface area contributed by atoms with Crippen LogP contribution < -0.4 is 0 Å². The van der Waals surface area contributed by atoms with E-state index in [4.69, 9.17) is 16.3 Å². The number of rotatable bonds is 5. The Labute approximate surface area is 125 Å². The van der Waals surface area contributed by atoms with Gasteiger partial charge in [0.1, 0.15) is 10.8 Å². The van der Waals surface area contributed by atoms with E-state index in [0.717, 1.165) is 5.69 Å². The van der Waals surface area contributed by atoms with Gasteiger partial charge in [0, 0.05) is 11.8 Å². The van der Waals surface area contributed by atoms with Crippen molar-refractivity contribution < 1.29 is 13.9 Å². The maximum absolute atomic E-state index is 13.8. The van der Waals surface area contributed by atoms with Crippen molar-refractivity contribution >= 4 is 28.9 Å². The minimum absolute atomic E-state index is 0.258. The number of aromatic nitrogens is 1. The van der Waals surface area contributed by atoms with Gasteiger partial charge in [-0.15, -0.1) is 11.3 Å². The zero-order valence-electron chi connectivity index (χ0n) is 10.9. The van der Waals surface area contributed by atoms with Gasteiger partial charge < -0.3 is 4.74 Å². The van der Waals surface area contributed by atoms with Gasteiger partial charge >= 0.3 is 5.97 Å². The van der Waals surface area contributed by atoms with Crippen molar-refractivity contribution in [1.29, 1.82) is 0 Å². The molecule has 0 amide bonds. The van der Waals surface area contributed by atoms with Crippen LogP contribution in [0.4, 0.5) is 4.39 Å². The molecule has 0 saturated heterocycles. The van der Waals surface area contributed by atoms with E-state index in [0.29, 0.717) is 28.6 Å². The number of carbonyl (C=O) groups is 1. The molecule has 2 aromatic rings. The lowest BCUT2D eigenvalue weighted by Gasteiger charge is -2.01. The van der Waals surface area contributed by atoms with Gasteiger partial charge in [0.15, 0.2) is 0 Å². The second-order valence-corrected chi connectivity index (χ2v) is 5.31. The largest absolute Gasteiger partial charge is 0.466 e. The van der Waals surface area contributed by atoms with Crippen LogP contribution in [0.1, 0.15) is 19.0 Å². The molecule has 1 heterocycles. The minimum atomic E-state index is -0.399. The highest BCUT2D eigenvalue weighted by Crippen LogP contribution is 2.32. The van der Waals surface area contributed by atoms with Crippen LogP contribution in [0.15, 0.2) is 23.6 Å². The first-order valence-corrected chi connectivity index (χ1v) is 7.42. The highest BCUT2D eigenvalue weighted by Gasteiger charge is 2.14. The zero-order valence-corrected chi connectivity index (χ0v) is 12.4. The minimum Gasteiger partial charge on any atom is -0.466 e. The molecule has 0 bridgehead atoms. The van der Waals surface area contributed by atoms with Crippen molar-refractivity contribution in [2.24, 2.45) is 0 Å². The summed E-state index contributed by atoms with van der Waals surface area (Å²) in [6.45, 7) is 2.13. The molecule has 0 aliphatic rings. The molecule has 0 saturated carbocycles. The summed E-state index contributed by atoms with van der Waals surface area (Å²) in [6.07, 6.45) is 0.740. The maximum Gasteiger partial charge on any atom is 0.306 e.